The number of alkyl halides is 3. The number of hydrogen-bond acceptors (Lipinski definition) is 7. The summed E-state index contributed by atoms with van der Waals surface area (Å²) in [7, 11) is 0. The van der Waals surface area contributed by atoms with Crippen molar-refractivity contribution in [1.82, 2.24) is 0 Å². The van der Waals surface area contributed by atoms with Gasteiger partial charge in [-0.3, -0.25) is 9.69 Å². The van der Waals surface area contributed by atoms with E-state index in [1.165, 1.54) is 6.07 Å². The summed E-state index contributed by atoms with van der Waals surface area (Å²) >= 11 is 5.65. The van der Waals surface area contributed by atoms with E-state index in [0.717, 1.165) is 17.0 Å². The Labute approximate surface area is 203 Å². The molecule has 3 aliphatic heterocycles. The Kier molecular flexibility index (Phi) is 5.58. The van der Waals surface area contributed by atoms with Crippen molar-refractivity contribution in [3.8, 4) is 11.8 Å². The van der Waals surface area contributed by atoms with Gasteiger partial charge < -0.3 is 24.8 Å². The van der Waals surface area contributed by atoms with Crippen molar-refractivity contribution in [3.63, 3.8) is 0 Å². The van der Waals surface area contributed by atoms with Gasteiger partial charge in [0.1, 0.15) is 11.9 Å². The molecule has 2 aromatic rings. The number of carbonyl (C=O) groups excluding carboxylic acids is 1. The monoisotopic (exact) mass is 504 g/mol. The van der Waals surface area contributed by atoms with Crippen LogP contribution in [0.15, 0.2) is 36.4 Å². The van der Waals surface area contributed by atoms with Gasteiger partial charge in [-0.1, -0.05) is 0 Å². The third-order valence-electron chi connectivity index (χ3n) is 6.34. The number of halogens is 3. The number of benzene rings is 2. The molecule has 3 heterocycles. The van der Waals surface area contributed by atoms with Gasteiger partial charge in [0.15, 0.2) is 10.7 Å². The molecule has 2 atom stereocenters. The minimum Gasteiger partial charge on any atom is -0.484 e. The molecule has 0 aliphatic carbocycles. The minimum absolute atomic E-state index is 0.00300. The number of nitriles is 1. The highest BCUT2D eigenvalue weighted by Crippen LogP contribution is 2.44. The molecule has 35 heavy (non-hydrogen) atoms. The summed E-state index contributed by atoms with van der Waals surface area (Å²) in [4.78, 5) is 16.4. The van der Waals surface area contributed by atoms with Gasteiger partial charge in [0, 0.05) is 18.7 Å². The first-order valence-electron chi connectivity index (χ1n) is 10.7. The molecule has 1 amide bonds. The first-order valence-corrected chi connectivity index (χ1v) is 11.1. The summed E-state index contributed by atoms with van der Waals surface area (Å²) in [6, 6.07) is 9.75. The lowest BCUT2D eigenvalue weighted by Crippen LogP contribution is -2.50. The quantitative estimate of drug-likeness (QED) is 0.616. The Morgan fingerprint density at radius 2 is 2.03 bits per heavy atom. The van der Waals surface area contributed by atoms with Crippen LogP contribution in [0.2, 0.25) is 0 Å². The number of thiocarbonyl (C=S) groups is 1. The minimum atomic E-state index is -4.78. The molecule has 0 radical (unpaired) electrons. The average molecular weight is 504 g/mol. The van der Waals surface area contributed by atoms with Crippen LogP contribution in [0.1, 0.15) is 17.5 Å². The number of aliphatic hydroxyl groups is 1. The average Bonchev–Trinajstić information content (AvgIpc) is 3.41. The molecule has 0 bridgehead atoms. The summed E-state index contributed by atoms with van der Waals surface area (Å²) in [5, 5.41) is 21.6. The molecule has 2 N–H and O–H groups in total. The molecule has 1 spiro atoms. The van der Waals surface area contributed by atoms with Crippen molar-refractivity contribution in [2.45, 2.75) is 24.2 Å². The van der Waals surface area contributed by atoms with Crippen molar-refractivity contribution < 1.29 is 32.5 Å². The van der Waals surface area contributed by atoms with Crippen LogP contribution >= 0.6 is 12.2 Å². The maximum absolute atomic E-state index is 13.7. The van der Waals surface area contributed by atoms with E-state index in [1.54, 1.807) is 29.2 Å². The molecule has 8 nitrogen and oxygen atoms in total. The summed E-state index contributed by atoms with van der Waals surface area (Å²) in [5.41, 5.74) is -1.81. The van der Waals surface area contributed by atoms with E-state index in [1.807, 2.05) is 0 Å². The molecule has 2 aromatic carbocycles. The van der Waals surface area contributed by atoms with E-state index in [-0.39, 0.29) is 30.6 Å². The Balaban J connectivity index is 1.58. The number of anilines is 3. The molecule has 3 aliphatic rings. The van der Waals surface area contributed by atoms with Crippen LogP contribution in [0.4, 0.5) is 30.2 Å². The van der Waals surface area contributed by atoms with Crippen LogP contribution in [0, 0.1) is 11.3 Å². The molecule has 2 fully saturated rings. The van der Waals surface area contributed by atoms with Crippen molar-refractivity contribution in [2.24, 2.45) is 0 Å². The zero-order valence-corrected chi connectivity index (χ0v) is 18.9. The van der Waals surface area contributed by atoms with Crippen LogP contribution in [-0.4, -0.2) is 54.1 Å². The number of nitrogens with zero attached hydrogens (tertiary/aromatic N) is 3. The fraction of sp³-hybridized carbons (Fsp3) is 0.348. The zero-order chi connectivity index (χ0) is 25.0. The smallest absolute Gasteiger partial charge is 0.417 e. The van der Waals surface area contributed by atoms with Crippen LogP contribution in [-0.2, 0) is 15.7 Å². The highest BCUT2D eigenvalue weighted by atomic mass is 32.1. The summed E-state index contributed by atoms with van der Waals surface area (Å²) in [6.07, 6.45) is -4.89. The predicted octanol–water partition coefficient (Wildman–Crippen LogP) is 3.04. The molecule has 0 saturated carbocycles. The van der Waals surface area contributed by atoms with E-state index in [2.05, 4.69) is 5.32 Å². The highest BCUT2D eigenvalue weighted by molar-refractivity contribution is 7.81. The van der Waals surface area contributed by atoms with Gasteiger partial charge in [-0.2, -0.15) is 18.4 Å². The third-order valence-corrected chi connectivity index (χ3v) is 6.70. The van der Waals surface area contributed by atoms with E-state index in [9.17, 15) is 23.1 Å². The number of hydrogen-bond donors (Lipinski definition) is 2. The fourth-order valence-corrected chi connectivity index (χ4v) is 5.07. The van der Waals surface area contributed by atoms with E-state index < -0.39 is 34.9 Å². The van der Waals surface area contributed by atoms with Gasteiger partial charge in [0.2, 0.25) is 0 Å². The summed E-state index contributed by atoms with van der Waals surface area (Å²) in [5.74, 6) is 0.0195. The highest BCUT2D eigenvalue weighted by Gasteiger charge is 2.58. The molecule has 5 rings (SSSR count). The van der Waals surface area contributed by atoms with Crippen LogP contribution < -0.4 is 19.9 Å². The van der Waals surface area contributed by atoms with Crippen molar-refractivity contribution in [2.75, 3.05) is 41.5 Å². The third kappa shape index (κ3) is 3.67. The SMILES string of the molecule is N#Cc1ccc(N2C(=O)[C@@]3(CCOC3)N(c3ccc4c(c3)NC[C@@H](CO)O4)C2=S)cc1C(F)(F)F. The Hall–Kier alpha value is -3.40. The molecular weight excluding hydrogens is 485 g/mol. The van der Waals surface area contributed by atoms with Crippen molar-refractivity contribution >= 4 is 40.3 Å². The molecule has 182 valence electrons. The Morgan fingerprint density at radius 3 is 2.69 bits per heavy atom. The van der Waals surface area contributed by atoms with Crippen LogP contribution in [0.25, 0.3) is 0 Å². The lowest BCUT2D eigenvalue weighted by atomic mass is 9.95. The Bertz CT molecular complexity index is 1260. The van der Waals surface area contributed by atoms with Gasteiger partial charge in [0.05, 0.1) is 48.3 Å². The molecule has 0 aromatic heterocycles. The summed E-state index contributed by atoms with van der Waals surface area (Å²) in [6.45, 7) is 0.518. The zero-order valence-electron chi connectivity index (χ0n) is 18.1. The lowest BCUT2D eigenvalue weighted by Gasteiger charge is -2.33. The van der Waals surface area contributed by atoms with E-state index in [4.69, 9.17) is 27.0 Å². The van der Waals surface area contributed by atoms with Gasteiger partial charge in [-0.15, -0.1) is 0 Å². The standard InChI is InChI=1S/C23H19F3N4O4S/c24-23(25,26)17-7-14(2-1-13(17)9-27)29-20(32)22(5-6-33-12-22)30(21(29)35)15-3-4-19-18(8-15)28-10-16(11-31)34-19/h1-4,7-8,16,28,31H,5-6,10-12H2/t16-,22-/m0/s1. The maximum Gasteiger partial charge on any atom is 0.417 e. The Morgan fingerprint density at radius 1 is 1.26 bits per heavy atom. The van der Waals surface area contributed by atoms with E-state index in [0.29, 0.717) is 30.1 Å². The predicted molar refractivity (Wildman–Crippen MR) is 123 cm³/mol. The van der Waals surface area contributed by atoms with Crippen LogP contribution in [0.5, 0.6) is 5.75 Å². The molecule has 12 heteroatoms. The topological polar surface area (TPSA) is 98.1 Å². The first kappa shape index (κ1) is 23.3. The second-order valence-electron chi connectivity index (χ2n) is 8.42. The summed E-state index contributed by atoms with van der Waals surface area (Å²) < 4.78 is 52.1. The van der Waals surface area contributed by atoms with Gasteiger partial charge in [-0.25, -0.2) is 0 Å². The number of fused-ring (bicyclic) bond motifs is 1. The number of nitrogens with one attached hydrogen (secondary N) is 1. The van der Waals surface area contributed by atoms with Crippen LogP contribution in [0.3, 0.4) is 0 Å². The van der Waals surface area contributed by atoms with E-state index >= 15 is 0 Å². The normalized spacial score (nSPS) is 23.8. The fourth-order valence-electron chi connectivity index (χ4n) is 4.61. The number of ether oxygens (including phenoxy) is 2. The number of carbonyl (C=O) groups is 1. The number of aliphatic hydroxyl groups excluding tert-OH is 1. The number of amides is 1. The second-order valence-corrected chi connectivity index (χ2v) is 8.78. The van der Waals surface area contributed by atoms with Gasteiger partial charge in [0.25, 0.3) is 5.91 Å². The second kappa shape index (κ2) is 8.37. The van der Waals surface area contributed by atoms with Gasteiger partial charge in [-0.05, 0) is 48.6 Å². The van der Waals surface area contributed by atoms with Crippen molar-refractivity contribution in [1.29, 1.82) is 5.26 Å². The van der Waals surface area contributed by atoms with Crippen molar-refractivity contribution in [3.05, 3.63) is 47.5 Å². The number of rotatable bonds is 3. The van der Waals surface area contributed by atoms with Gasteiger partial charge >= 0.3 is 6.18 Å². The molecule has 2 saturated heterocycles. The largest absolute Gasteiger partial charge is 0.484 e. The molecular formula is C23H19F3N4O4S. The molecule has 0 unspecified atom stereocenters. The lowest BCUT2D eigenvalue weighted by molar-refractivity contribution is -0.137. The first-order chi connectivity index (χ1) is 16.7. The maximum atomic E-state index is 13.7.